The summed E-state index contributed by atoms with van der Waals surface area (Å²) in [6, 6.07) is 2.86. The minimum absolute atomic E-state index is 0.0887. The number of amides is 2. The van der Waals surface area contributed by atoms with Gasteiger partial charge in [-0.15, -0.1) is 34.4 Å². The van der Waals surface area contributed by atoms with Gasteiger partial charge in [-0.2, -0.15) is 0 Å². The third kappa shape index (κ3) is 6.03. The quantitative estimate of drug-likeness (QED) is 0.0561. The van der Waals surface area contributed by atoms with Crippen LogP contribution in [0, 0.1) is 0 Å². The molecule has 4 heterocycles. The number of nitrogens with one attached hydrogen (secondary N) is 1. The number of oxime groups is 1. The summed E-state index contributed by atoms with van der Waals surface area (Å²) in [7, 11) is 0. The Labute approximate surface area is 264 Å². The molecular weight excluding hydrogens is 657 g/mol. The lowest BCUT2D eigenvalue weighted by Crippen LogP contribution is -2.71. The number of thioether (sulfide) groups is 2. The number of carboxylic acid groups (broad SMARTS) is 2. The van der Waals surface area contributed by atoms with Crippen LogP contribution in [-0.4, -0.2) is 94.3 Å². The topological polar surface area (TPSA) is 238 Å². The molecule has 0 bridgehead atoms. The number of aromatic carboxylic acids is 1. The summed E-state index contributed by atoms with van der Waals surface area (Å²) < 4.78 is 0.318. The highest BCUT2D eigenvalue weighted by molar-refractivity contribution is 8.02. The molecule has 2 aromatic heterocycles. The van der Waals surface area contributed by atoms with E-state index in [0.717, 1.165) is 39.3 Å². The Kier molecular flexibility index (Phi) is 9.00. The minimum atomic E-state index is -1.33. The Morgan fingerprint density at radius 3 is 2.61 bits per heavy atom. The maximum Gasteiger partial charge on any atom is 0.356 e. The predicted octanol–water partition coefficient (Wildman–Crippen LogP) is 2.23. The number of rotatable bonds is 11. The molecule has 1 fully saturated rings. The first-order valence-electron chi connectivity index (χ1n) is 12.5. The minimum Gasteiger partial charge on any atom is -0.504 e. The first kappa shape index (κ1) is 31.1. The molecule has 15 nitrogen and oxygen atoms in total. The van der Waals surface area contributed by atoms with Crippen LogP contribution in [0.4, 0.5) is 5.13 Å². The van der Waals surface area contributed by atoms with E-state index in [4.69, 9.17) is 10.6 Å². The van der Waals surface area contributed by atoms with Crippen molar-refractivity contribution in [2.75, 3.05) is 23.8 Å². The zero-order valence-electron chi connectivity index (χ0n) is 22.4. The number of anilines is 1. The van der Waals surface area contributed by atoms with E-state index >= 15 is 0 Å². The van der Waals surface area contributed by atoms with E-state index in [1.807, 2.05) is 0 Å². The van der Waals surface area contributed by atoms with Gasteiger partial charge in [-0.1, -0.05) is 16.9 Å². The SMILES string of the molecule is CCO/N=C(/C(=O)N[C@@H]1C(=O)N2C(C(=O)O)=C(CSc3nc(C(=O)O)c(-c4ccc(O)c(O)c4)s3)CS[C@H]12)c1csc(N)n1. The third-order valence-electron chi connectivity index (χ3n) is 6.22. The van der Waals surface area contributed by atoms with Gasteiger partial charge in [0.05, 0.1) is 4.88 Å². The van der Waals surface area contributed by atoms with Crippen molar-refractivity contribution in [3.05, 3.63) is 46.2 Å². The molecule has 0 saturated carbocycles. The second kappa shape index (κ2) is 12.7. The number of phenolic OH excluding ortho intramolecular Hbond substituents is 2. The van der Waals surface area contributed by atoms with Crippen molar-refractivity contribution >= 4 is 80.8 Å². The maximum atomic E-state index is 13.1. The van der Waals surface area contributed by atoms with E-state index in [1.165, 1.54) is 35.3 Å². The van der Waals surface area contributed by atoms with Gasteiger partial charge in [0.15, 0.2) is 32.4 Å². The van der Waals surface area contributed by atoms with E-state index in [-0.39, 0.29) is 56.7 Å². The number of benzene rings is 1. The molecule has 44 heavy (non-hydrogen) atoms. The summed E-state index contributed by atoms with van der Waals surface area (Å²) in [5.41, 5.74) is 5.93. The van der Waals surface area contributed by atoms with Crippen molar-refractivity contribution in [2.45, 2.75) is 22.7 Å². The van der Waals surface area contributed by atoms with E-state index < -0.39 is 40.9 Å². The summed E-state index contributed by atoms with van der Waals surface area (Å²) in [5, 5.41) is 46.6. The Hall–Kier alpha value is -4.33. The van der Waals surface area contributed by atoms with Crippen LogP contribution in [0.3, 0.4) is 0 Å². The zero-order chi connectivity index (χ0) is 31.7. The fourth-order valence-electron chi connectivity index (χ4n) is 4.25. The highest BCUT2D eigenvalue weighted by Crippen LogP contribution is 2.43. The number of carboxylic acids is 2. The predicted molar refractivity (Wildman–Crippen MR) is 163 cm³/mol. The molecule has 2 atom stereocenters. The van der Waals surface area contributed by atoms with Gasteiger partial charge < -0.3 is 36.3 Å². The molecule has 5 rings (SSSR count). The number of aliphatic carboxylic acids is 1. The monoisotopic (exact) mass is 678 g/mol. The number of aromatic nitrogens is 2. The number of fused-ring (bicyclic) bond motifs is 1. The van der Waals surface area contributed by atoms with Crippen LogP contribution in [0.25, 0.3) is 10.4 Å². The molecule has 7 N–H and O–H groups in total. The molecule has 2 amide bonds. The fourth-order valence-corrected chi connectivity index (χ4v) is 8.41. The maximum absolute atomic E-state index is 13.1. The lowest BCUT2D eigenvalue weighted by Gasteiger charge is -2.49. The van der Waals surface area contributed by atoms with Crippen LogP contribution >= 0.6 is 46.2 Å². The molecule has 1 saturated heterocycles. The third-order valence-corrected chi connectivity index (χ3v) is 10.6. The number of β-lactam (4-membered cyclic amide) rings is 1. The molecule has 19 heteroatoms. The molecular formula is C25H22N6O9S4. The highest BCUT2D eigenvalue weighted by Gasteiger charge is 2.54. The van der Waals surface area contributed by atoms with Crippen molar-refractivity contribution < 1.29 is 44.4 Å². The lowest BCUT2D eigenvalue weighted by molar-refractivity contribution is -0.150. The molecule has 0 radical (unpaired) electrons. The van der Waals surface area contributed by atoms with E-state index in [0.29, 0.717) is 15.5 Å². The van der Waals surface area contributed by atoms with Gasteiger partial charge in [0.25, 0.3) is 11.8 Å². The molecule has 230 valence electrons. The number of thiazole rings is 2. The smallest absolute Gasteiger partial charge is 0.356 e. The largest absolute Gasteiger partial charge is 0.504 e. The van der Waals surface area contributed by atoms with Gasteiger partial charge in [-0.25, -0.2) is 19.6 Å². The van der Waals surface area contributed by atoms with E-state index in [1.54, 1.807) is 6.92 Å². The summed E-state index contributed by atoms with van der Waals surface area (Å²) in [6.07, 6.45) is 0. The summed E-state index contributed by atoms with van der Waals surface area (Å²) >= 11 is 4.48. The fraction of sp³-hybridized carbons (Fsp3) is 0.240. The summed E-state index contributed by atoms with van der Waals surface area (Å²) in [4.78, 5) is 65.0. The van der Waals surface area contributed by atoms with Crippen molar-refractivity contribution in [1.82, 2.24) is 20.2 Å². The van der Waals surface area contributed by atoms with Gasteiger partial charge >= 0.3 is 11.9 Å². The number of hydrogen-bond donors (Lipinski definition) is 6. The standard InChI is InChI=1S/C25H22N6O9S4/c1-2-40-30-14(11-8-42-24(26)27-11)19(34)28-16-20(35)31-17(23(38)39)10(6-41-21(16)31)7-43-25-29-15(22(36)37)18(44-25)9-3-4-12(32)13(33)5-9/h3-5,8,16,21,32-33H,2,6-7H2,1H3,(H2,26,27)(H,28,34)(H,36,37)(H,38,39)/b30-14+/t16-,21-/m1/s1. The average molecular weight is 679 g/mol. The second-order valence-corrected chi connectivity index (χ2v) is 13.2. The average Bonchev–Trinajstić information content (AvgIpc) is 3.62. The Bertz CT molecular complexity index is 1740. The number of phenols is 2. The van der Waals surface area contributed by atoms with Crippen LogP contribution in [0.2, 0.25) is 0 Å². The van der Waals surface area contributed by atoms with Crippen LogP contribution in [-0.2, 0) is 19.2 Å². The van der Waals surface area contributed by atoms with Gasteiger partial charge in [0.1, 0.15) is 29.4 Å². The van der Waals surface area contributed by atoms with Crippen LogP contribution in [0.15, 0.2) is 44.3 Å². The van der Waals surface area contributed by atoms with Gasteiger partial charge in [0.2, 0.25) is 0 Å². The first-order chi connectivity index (χ1) is 21.0. The second-order valence-electron chi connectivity index (χ2n) is 9.00. The van der Waals surface area contributed by atoms with Crippen molar-refractivity contribution in [3.63, 3.8) is 0 Å². The number of carbonyl (C=O) groups excluding carboxylic acids is 2. The summed E-state index contributed by atoms with van der Waals surface area (Å²) in [6.45, 7) is 1.86. The summed E-state index contributed by atoms with van der Waals surface area (Å²) in [5.74, 6) is -4.47. The van der Waals surface area contributed by atoms with Gasteiger partial charge in [-0.3, -0.25) is 14.5 Å². The Balaban J connectivity index is 1.33. The molecule has 0 aliphatic carbocycles. The van der Waals surface area contributed by atoms with Gasteiger partial charge in [0, 0.05) is 16.9 Å². The molecule has 2 aliphatic rings. The van der Waals surface area contributed by atoms with E-state index in [2.05, 4.69) is 20.4 Å². The number of nitrogens with two attached hydrogens (primary N) is 1. The first-order valence-corrected chi connectivity index (χ1v) is 16.2. The molecule has 0 spiro atoms. The number of hydrogen-bond acceptors (Lipinski definition) is 15. The number of nitrogen functional groups attached to an aromatic ring is 1. The number of carbonyl (C=O) groups is 4. The normalized spacial score (nSPS) is 18.1. The van der Waals surface area contributed by atoms with E-state index in [9.17, 15) is 39.6 Å². The zero-order valence-corrected chi connectivity index (χ0v) is 25.7. The number of aromatic hydroxyl groups is 2. The number of nitrogens with zero attached hydrogens (tertiary/aromatic N) is 4. The van der Waals surface area contributed by atoms with Crippen molar-refractivity contribution in [2.24, 2.45) is 5.16 Å². The Morgan fingerprint density at radius 2 is 1.98 bits per heavy atom. The van der Waals surface area contributed by atoms with Crippen LogP contribution in [0.1, 0.15) is 23.1 Å². The molecule has 2 aliphatic heterocycles. The van der Waals surface area contributed by atoms with Gasteiger partial charge in [-0.05, 0) is 36.3 Å². The Morgan fingerprint density at radius 1 is 1.20 bits per heavy atom. The molecule has 0 unspecified atom stereocenters. The van der Waals surface area contributed by atoms with Crippen molar-refractivity contribution in [1.29, 1.82) is 0 Å². The van der Waals surface area contributed by atoms with Crippen LogP contribution in [0.5, 0.6) is 11.5 Å². The van der Waals surface area contributed by atoms with Crippen molar-refractivity contribution in [3.8, 4) is 21.9 Å². The highest BCUT2D eigenvalue weighted by atomic mass is 32.2. The lowest BCUT2D eigenvalue weighted by atomic mass is 10.0. The van der Waals surface area contributed by atoms with Crippen LogP contribution < -0.4 is 11.1 Å². The molecule has 3 aromatic rings. The molecule has 1 aromatic carbocycles.